The Labute approximate surface area is 691 Å². The Morgan fingerprint density at radius 3 is 1.38 bits per heavy atom. The first-order chi connectivity index (χ1) is 52.0. The van der Waals surface area contributed by atoms with Gasteiger partial charge in [-0.25, -0.2) is 0 Å². The van der Waals surface area contributed by atoms with E-state index in [9.17, 15) is 48.0 Å². The summed E-state index contributed by atoms with van der Waals surface area (Å²) in [6, 6.07) is -4.99. The van der Waals surface area contributed by atoms with Crippen LogP contribution in [-0.4, -0.2) is 341 Å². The van der Waals surface area contributed by atoms with Crippen molar-refractivity contribution in [2.24, 2.45) is 0 Å². The molecule has 16 radical (unpaired) electrons. The van der Waals surface area contributed by atoms with Crippen molar-refractivity contribution in [1.82, 2.24) is 0 Å². The van der Waals surface area contributed by atoms with E-state index >= 15 is 0 Å². The number of aliphatic hydroxyl groups is 2. The van der Waals surface area contributed by atoms with E-state index in [2.05, 4.69) is 29.8 Å². The molecule has 32 nitrogen and oxygen atoms in total. The molecule has 10 heterocycles. The molecule has 2 N–H and O–H groups in total. The van der Waals surface area contributed by atoms with Crippen molar-refractivity contribution in [1.29, 1.82) is 0 Å². The largest absolute Gasteiger partial charge is 0.770 e. The second-order valence-electron chi connectivity index (χ2n) is 30.0. The van der Waals surface area contributed by atoms with Crippen molar-refractivity contribution in [3.63, 3.8) is 0 Å². The molecule has 0 aromatic heterocycles. The van der Waals surface area contributed by atoms with Gasteiger partial charge in [0, 0.05) is 70.0 Å². The number of hydrogen-bond donors (Lipinski definition) is 4. The summed E-state index contributed by atoms with van der Waals surface area (Å²) >= 11 is 9.81. The van der Waals surface area contributed by atoms with E-state index in [0.29, 0.717) is 48.0 Å². The minimum Gasteiger partial charge on any atom is -0.770 e. The Kier molecular flexibility index (Phi) is 45.5. The van der Waals surface area contributed by atoms with E-state index < -0.39 is 156 Å². The van der Waals surface area contributed by atoms with Crippen LogP contribution in [0.4, 0.5) is 0 Å². The van der Waals surface area contributed by atoms with Gasteiger partial charge in [0.1, 0.15) is 136 Å². The van der Waals surface area contributed by atoms with Gasteiger partial charge in [0.15, 0.2) is 13.6 Å². The molecule has 632 valence electrons. The number of phosphoric ester groups is 2. The zero-order valence-electron chi connectivity index (χ0n) is 66.5. The topological polar surface area (TPSA) is 404 Å². The number of hydrogen-bond acceptors (Lipinski definition) is 36. The fourth-order valence-electron chi connectivity index (χ4n) is 12.3. The Morgan fingerprint density at radius 1 is 0.455 bits per heavy atom. The fourth-order valence-corrected chi connectivity index (χ4v) is 21.0. The molecule has 48 heteroatoms. The minimum atomic E-state index is -4.38. The quantitative estimate of drug-likeness (QED) is 0.0436. The van der Waals surface area contributed by atoms with E-state index in [1.807, 2.05) is 96.9 Å². The molecule has 10 saturated heterocycles. The first kappa shape index (κ1) is 104. The van der Waals surface area contributed by atoms with Gasteiger partial charge < -0.3 is 133 Å². The Bertz CT molecular complexity index is 2910. The second kappa shape index (κ2) is 48.8. The first-order valence-corrected chi connectivity index (χ1v) is 47.8. The maximum atomic E-state index is 12.5. The van der Waals surface area contributed by atoms with E-state index in [-0.39, 0.29) is 129 Å². The molecule has 112 heavy (non-hydrogen) atoms. The van der Waals surface area contributed by atoms with E-state index in [0.717, 1.165) is 12.8 Å². The summed E-state index contributed by atoms with van der Waals surface area (Å²) in [4.78, 5) is 47.3. The summed E-state index contributed by atoms with van der Waals surface area (Å²) in [5.74, 6) is 0.764. The lowest BCUT2D eigenvalue weighted by Crippen LogP contribution is -2.39. The van der Waals surface area contributed by atoms with Gasteiger partial charge >= 0.3 is 0 Å². The van der Waals surface area contributed by atoms with Crippen molar-refractivity contribution >= 4 is 140 Å². The van der Waals surface area contributed by atoms with Crippen LogP contribution in [0.1, 0.15) is 136 Å². The van der Waals surface area contributed by atoms with Gasteiger partial charge in [0.25, 0.3) is 15.6 Å². The molecule has 0 spiro atoms. The third-order valence-corrected chi connectivity index (χ3v) is 26.4. The highest BCUT2D eigenvalue weighted by atomic mass is 32.7. The summed E-state index contributed by atoms with van der Waals surface area (Å²) in [6.07, 6.45) is -8.05. The van der Waals surface area contributed by atoms with Crippen LogP contribution in [0.3, 0.4) is 0 Å². The Morgan fingerprint density at radius 2 is 0.866 bits per heavy atom. The summed E-state index contributed by atoms with van der Waals surface area (Å²) < 4.78 is 164. The van der Waals surface area contributed by atoms with Gasteiger partial charge in [0.2, 0.25) is 0 Å². The zero-order valence-corrected chi connectivity index (χ0v) is 73.5. The number of rotatable bonds is 31. The molecule has 0 saturated carbocycles. The van der Waals surface area contributed by atoms with Crippen LogP contribution in [0.2, 0.25) is 0 Å². The van der Waals surface area contributed by atoms with Gasteiger partial charge in [-0.05, 0) is 136 Å². The molecule has 2 bridgehead atoms. The minimum absolute atomic E-state index is 0.00516. The second-order valence-corrected chi connectivity index (χ2v) is 41.4. The van der Waals surface area contributed by atoms with Crippen LogP contribution < -0.4 is 19.6 Å². The molecule has 0 aliphatic carbocycles. The third-order valence-electron chi connectivity index (χ3n) is 17.1. The monoisotopic (exact) mass is 1730 g/mol. The molecule has 0 aromatic carbocycles. The van der Waals surface area contributed by atoms with Crippen LogP contribution >= 0.6 is 77.3 Å². The average molecular weight is 1730 g/mol. The Hall–Kier alpha value is 1.72. The smallest absolute Gasteiger partial charge is 0.268 e. The number of thiol groups is 2. The average Bonchev–Trinajstić information content (AvgIpc) is 1.64. The van der Waals surface area contributed by atoms with Gasteiger partial charge in [-0.15, -0.1) is 0 Å². The van der Waals surface area contributed by atoms with Crippen molar-refractivity contribution in [3.8, 4) is 0 Å². The number of aliphatic hydroxyl groups excluding tert-OH is 2. The predicted octanol–water partition coefficient (Wildman–Crippen LogP) is 1.76. The van der Waals surface area contributed by atoms with Crippen molar-refractivity contribution < 1.29 is 151 Å². The fraction of sp³-hybridized carbons (Fsp3) is 1.00. The lowest BCUT2D eigenvalue weighted by molar-refractivity contribution is -0.233. The van der Waals surface area contributed by atoms with Crippen LogP contribution in [0.15, 0.2) is 0 Å². The van der Waals surface area contributed by atoms with Crippen LogP contribution in [0.5, 0.6) is 0 Å². The van der Waals surface area contributed by atoms with Gasteiger partial charge in [0.05, 0.1) is 125 Å². The Balaban J connectivity index is 0.000000248. The molecule has 10 aliphatic rings. The summed E-state index contributed by atoms with van der Waals surface area (Å²) in [5, 5.41) is 20.0. The van der Waals surface area contributed by atoms with Crippen LogP contribution in [-0.2, 0) is 121 Å². The lowest BCUT2D eigenvalue weighted by atomic mass is 9.93. The maximum absolute atomic E-state index is 12.5. The summed E-state index contributed by atoms with van der Waals surface area (Å²) in [6.45, 7) is 22.3. The molecule has 0 amide bonds. The van der Waals surface area contributed by atoms with Gasteiger partial charge in [-0.1, -0.05) is 22.8 Å². The van der Waals surface area contributed by atoms with Crippen molar-refractivity contribution in [3.05, 3.63) is 0 Å². The molecular weight excluding hydrogens is 1620 g/mol. The highest BCUT2D eigenvalue weighted by molar-refractivity contribution is 8.54. The zero-order chi connectivity index (χ0) is 84.2. The lowest BCUT2D eigenvalue weighted by Gasteiger charge is -2.31. The SMILES string of the molecule is [B][C@@H]1O[C@@H]2COP(=O)([O-])OC1[C@H]2OC(C)C.[B][C@@H]1O[C@H](COC(C)C)[C@@H]2OP(=O)([O-])OC12.[B][C@@H]1O[C@H](COC(C)C)[C@H](OP(=O)([O-])SC[C@H]2O[C@@H]([B])C[C@H]2OC(C)C)C1O.[B][C@@H]1O[C@H](COP(=O)([O-])S[C@@H]2C[C@H]([B])O[C@@H]2COC(C)C)[C@H](OC(C)C)C1O.[B][C@H]1C[C@@H](OC(C)C)[C@@H](CS)O1.[B][C@H]1C[C@@H](S)[C@@H](COC(C)C)O1. The van der Waals surface area contributed by atoms with E-state index in [4.69, 9.17) is 161 Å². The molecular formula is C64H112B8O32P4S4-4. The first-order valence-electron chi connectivity index (χ1n) is 37.6. The van der Waals surface area contributed by atoms with Crippen molar-refractivity contribution in [2.75, 3.05) is 51.1 Å². The molecule has 10 fully saturated rings. The highest BCUT2D eigenvalue weighted by Gasteiger charge is 2.53. The van der Waals surface area contributed by atoms with E-state index in [1.54, 1.807) is 13.8 Å². The number of ether oxygens (including phenoxy) is 16. The molecule has 8 unspecified atom stereocenters. The summed E-state index contributed by atoms with van der Waals surface area (Å²) in [5.41, 5.74) is 0. The summed E-state index contributed by atoms with van der Waals surface area (Å²) in [7, 11) is 37.0. The highest BCUT2D eigenvalue weighted by Crippen LogP contribution is 2.58. The molecule has 10 aliphatic heterocycles. The normalized spacial score (nSPS) is 40.6. The number of fused-ring (bicyclic) bond motifs is 3. The van der Waals surface area contributed by atoms with Gasteiger partial charge in [-0.2, -0.15) is 25.3 Å². The molecule has 32 atom stereocenters. The molecule has 0 aromatic rings. The van der Waals surface area contributed by atoms with Gasteiger partial charge in [-0.3, -0.25) is 18.3 Å². The predicted molar refractivity (Wildman–Crippen MR) is 422 cm³/mol. The van der Waals surface area contributed by atoms with Crippen LogP contribution in [0.25, 0.3) is 0 Å². The van der Waals surface area contributed by atoms with Crippen molar-refractivity contribution in [2.45, 2.75) is 354 Å². The van der Waals surface area contributed by atoms with Crippen LogP contribution in [0, 0.1) is 0 Å². The molecule has 10 rings (SSSR count). The number of phosphoric acid groups is 2. The maximum Gasteiger partial charge on any atom is 0.268 e. The standard InChI is InChI=1S/2C16H29B2O8PS.2C8H14BO6P.2C8H15BO2S/c1-8(2)22-6-10-12(5-13(17)25-10)28-27(20,21)23-7-11-15(24-9(3)4)14(19)16(18)26-11;1-8(2)22-6-11-15(14(19)16(18)25-11)26-27(20,21)28-7-12-10(23-9(3)4)5-13(17)24-12;1-4(2)13-6-5-3-12-16(10,11)15-7(6)8(9)14-5;1-4(2)12-3-5-6-7(8(9)13-5)15-16(10,11)14-6;1-5(2)10-4-6-7(12)3-8(9)11-6;1-5(2)10-6-3-8(9)11-7(6)4-12/h2*8-16,19H,5-7H2,1-4H3,(H,20,21);2*4-8H,3H2,1-2H3,(H,10,11);2*5-8,12H,3-4H2,1-2H3/p-4/t2*10-,11-,12-,13-,14?,15+,16-;2*5-,6+,7?,8-;2*6-,7-,8-/m111111/s1. The third kappa shape index (κ3) is 36.1. The van der Waals surface area contributed by atoms with E-state index in [1.165, 1.54) is 0 Å².